The number of hydrogen-bond acceptors (Lipinski definition) is 5. The van der Waals surface area contributed by atoms with E-state index in [2.05, 4.69) is 17.1 Å². The molecule has 4 rings (SSSR count). The normalized spacial score (nSPS) is 13.1. The van der Waals surface area contributed by atoms with Gasteiger partial charge < -0.3 is 9.64 Å². The highest BCUT2D eigenvalue weighted by atomic mass is 32.1. The Morgan fingerprint density at radius 1 is 1.10 bits per heavy atom. The maximum absolute atomic E-state index is 12.5. The molecule has 0 bridgehead atoms. The van der Waals surface area contributed by atoms with Gasteiger partial charge in [-0.2, -0.15) is 0 Å². The van der Waals surface area contributed by atoms with Crippen LogP contribution in [0.2, 0.25) is 0 Å². The molecule has 3 aromatic rings. The molecule has 0 radical (unpaired) electrons. The molecule has 1 aliphatic rings. The summed E-state index contributed by atoms with van der Waals surface area (Å²) in [6.45, 7) is 4.78. The quantitative estimate of drug-likeness (QED) is 0.593. The van der Waals surface area contributed by atoms with Gasteiger partial charge in [0.25, 0.3) is 5.91 Å². The molecule has 1 aromatic heterocycles. The smallest absolute Gasteiger partial charge is 0.260 e. The van der Waals surface area contributed by atoms with Gasteiger partial charge in [0.1, 0.15) is 10.8 Å². The van der Waals surface area contributed by atoms with Crippen LogP contribution in [-0.4, -0.2) is 34.7 Å². The SMILES string of the molecule is CC(=O)c1sc(-c2ccc(OCC(=O)N3CCc4ccccc4C3)cc2)nc1C. The summed E-state index contributed by atoms with van der Waals surface area (Å²) in [5.41, 5.74) is 4.21. The van der Waals surface area contributed by atoms with Crippen LogP contribution in [0.1, 0.15) is 33.4 Å². The molecule has 0 spiro atoms. The topological polar surface area (TPSA) is 59.5 Å². The first kappa shape index (κ1) is 19.3. The van der Waals surface area contributed by atoms with Gasteiger partial charge in [0.05, 0.1) is 10.6 Å². The predicted octanol–water partition coefficient (Wildman–Crippen LogP) is 4.28. The number of Topliss-reactive ketones (excluding diaryl/α,β-unsaturated/α-hetero) is 1. The number of thiazole rings is 1. The third kappa shape index (κ3) is 4.22. The first-order valence-electron chi connectivity index (χ1n) is 9.57. The van der Waals surface area contributed by atoms with E-state index in [9.17, 15) is 9.59 Å². The van der Waals surface area contributed by atoms with Crippen molar-refractivity contribution in [2.45, 2.75) is 26.8 Å². The Balaban J connectivity index is 1.36. The monoisotopic (exact) mass is 406 g/mol. The minimum absolute atomic E-state index is 0.00905. The molecular weight excluding hydrogens is 384 g/mol. The average molecular weight is 407 g/mol. The van der Waals surface area contributed by atoms with Crippen LogP contribution in [-0.2, 0) is 17.8 Å². The highest BCUT2D eigenvalue weighted by molar-refractivity contribution is 7.17. The number of amides is 1. The Kier molecular flexibility index (Phi) is 5.45. The summed E-state index contributed by atoms with van der Waals surface area (Å²) in [6.07, 6.45) is 0.881. The van der Waals surface area contributed by atoms with Crippen molar-refractivity contribution in [2.24, 2.45) is 0 Å². The molecule has 29 heavy (non-hydrogen) atoms. The Labute approximate surface area is 174 Å². The maximum Gasteiger partial charge on any atom is 0.260 e. The number of aromatic nitrogens is 1. The minimum atomic E-state index is -0.00905. The lowest BCUT2D eigenvalue weighted by Gasteiger charge is -2.28. The molecule has 0 saturated heterocycles. The Hall–Kier alpha value is -2.99. The molecule has 1 amide bonds. The van der Waals surface area contributed by atoms with E-state index in [4.69, 9.17) is 4.74 Å². The van der Waals surface area contributed by atoms with Gasteiger partial charge in [-0.3, -0.25) is 9.59 Å². The third-order valence-corrected chi connectivity index (χ3v) is 6.37. The molecule has 148 valence electrons. The van der Waals surface area contributed by atoms with Gasteiger partial charge >= 0.3 is 0 Å². The van der Waals surface area contributed by atoms with E-state index in [0.717, 1.165) is 29.2 Å². The van der Waals surface area contributed by atoms with E-state index >= 15 is 0 Å². The summed E-state index contributed by atoms with van der Waals surface area (Å²) in [6, 6.07) is 15.7. The fourth-order valence-corrected chi connectivity index (χ4v) is 4.45. The van der Waals surface area contributed by atoms with Crippen molar-refractivity contribution >= 4 is 23.0 Å². The van der Waals surface area contributed by atoms with E-state index in [-0.39, 0.29) is 18.3 Å². The minimum Gasteiger partial charge on any atom is -0.484 e. The third-order valence-electron chi connectivity index (χ3n) is 5.06. The summed E-state index contributed by atoms with van der Waals surface area (Å²) < 4.78 is 5.70. The summed E-state index contributed by atoms with van der Waals surface area (Å²) >= 11 is 1.40. The molecule has 2 heterocycles. The van der Waals surface area contributed by atoms with E-state index in [1.807, 2.05) is 48.2 Å². The van der Waals surface area contributed by atoms with Gasteiger partial charge in [-0.1, -0.05) is 24.3 Å². The Morgan fingerprint density at radius 2 is 1.83 bits per heavy atom. The number of aryl methyl sites for hydroxylation is 1. The average Bonchev–Trinajstić information content (AvgIpc) is 3.14. The molecule has 0 unspecified atom stereocenters. The Morgan fingerprint density at radius 3 is 2.52 bits per heavy atom. The molecular formula is C23H22N2O3S. The summed E-state index contributed by atoms with van der Waals surface area (Å²) in [5.74, 6) is 0.662. The highest BCUT2D eigenvalue weighted by Gasteiger charge is 2.20. The van der Waals surface area contributed by atoms with E-state index in [1.54, 1.807) is 6.92 Å². The van der Waals surface area contributed by atoms with Crippen molar-refractivity contribution in [3.63, 3.8) is 0 Å². The van der Waals surface area contributed by atoms with Gasteiger partial charge in [-0.05, 0) is 48.7 Å². The second-order valence-electron chi connectivity index (χ2n) is 7.14. The van der Waals surface area contributed by atoms with E-state index in [1.165, 1.54) is 22.5 Å². The van der Waals surface area contributed by atoms with Gasteiger partial charge in [0.15, 0.2) is 12.4 Å². The lowest BCUT2D eigenvalue weighted by molar-refractivity contribution is -0.134. The number of ketones is 1. The number of benzene rings is 2. The van der Waals surface area contributed by atoms with Crippen LogP contribution in [0.15, 0.2) is 48.5 Å². The second kappa shape index (κ2) is 8.17. The van der Waals surface area contributed by atoms with Gasteiger partial charge in [0.2, 0.25) is 0 Å². The van der Waals surface area contributed by atoms with Crippen LogP contribution in [0.4, 0.5) is 0 Å². The van der Waals surface area contributed by atoms with Crippen molar-refractivity contribution in [1.29, 1.82) is 0 Å². The van der Waals surface area contributed by atoms with Crippen LogP contribution in [0, 0.1) is 6.92 Å². The first-order chi connectivity index (χ1) is 14.0. The zero-order valence-corrected chi connectivity index (χ0v) is 17.3. The molecule has 1 aliphatic heterocycles. The number of fused-ring (bicyclic) bond motifs is 1. The van der Waals surface area contributed by atoms with Crippen molar-refractivity contribution in [3.8, 4) is 16.3 Å². The van der Waals surface area contributed by atoms with Gasteiger partial charge in [-0.25, -0.2) is 4.98 Å². The van der Waals surface area contributed by atoms with Crippen LogP contribution >= 0.6 is 11.3 Å². The summed E-state index contributed by atoms with van der Waals surface area (Å²) in [7, 11) is 0. The molecule has 5 nitrogen and oxygen atoms in total. The number of carbonyl (C=O) groups excluding carboxylic acids is 2. The number of rotatable bonds is 5. The number of carbonyl (C=O) groups is 2. The molecule has 2 aromatic carbocycles. The summed E-state index contributed by atoms with van der Waals surface area (Å²) in [5, 5.41) is 0.808. The fourth-order valence-electron chi connectivity index (χ4n) is 3.49. The van der Waals surface area contributed by atoms with Crippen LogP contribution in [0.3, 0.4) is 0 Å². The molecule has 0 saturated carbocycles. The van der Waals surface area contributed by atoms with Gasteiger partial charge in [-0.15, -0.1) is 11.3 Å². The molecule has 0 fully saturated rings. The van der Waals surface area contributed by atoms with Crippen molar-refractivity contribution < 1.29 is 14.3 Å². The van der Waals surface area contributed by atoms with E-state index < -0.39 is 0 Å². The largest absolute Gasteiger partial charge is 0.484 e. The second-order valence-corrected chi connectivity index (χ2v) is 8.14. The molecule has 0 aliphatic carbocycles. The van der Waals surface area contributed by atoms with Crippen LogP contribution in [0.25, 0.3) is 10.6 Å². The van der Waals surface area contributed by atoms with Crippen molar-refractivity contribution in [1.82, 2.24) is 9.88 Å². The highest BCUT2D eigenvalue weighted by Crippen LogP contribution is 2.29. The van der Waals surface area contributed by atoms with Gasteiger partial charge in [0, 0.05) is 25.6 Å². The maximum atomic E-state index is 12.5. The number of hydrogen-bond donors (Lipinski definition) is 0. The summed E-state index contributed by atoms with van der Waals surface area (Å²) in [4.78, 5) is 31.2. The zero-order chi connectivity index (χ0) is 20.4. The molecule has 6 heteroatoms. The number of nitrogens with zero attached hydrogens (tertiary/aromatic N) is 2. The van der Waals surface area contributed by atoms with Crippen LogP contribution in [0.5, 0.6) is 5.75 Å². The predicted molar refractivity (Wildman–Crippen MR) is 113 cm³/mol. The number of ether oxygens (including phenoxy) is 1. The molecule has 0 N–H and O–H groups in total. The van der Waals surface area contributed by atoms with Crippen molar-refractivity contribution in [3.05, 3.63) is 70.2 Å². The standard InChI is InChI=1S/C23H22N2O3S/c1-15-22(16(2)26)29-23(24-15)18-7-9-20(10-8-18)28-14-21(27)25-12-11-17-5-3-4-6-19(17)13-25/h3-10H,11-14H2,1-2H3. The lowest BCUT2D eigenvalue weighted by atomic mass is 10.00. The zero-order valence-electron chi connectivity index (χ0n) is 16.5. The van der Waals surface area contributed by atoms with Crippen LogP contribution < -0.4 is 4.74 Å². The Bertz CT molecular complexity index is 1060. The lowest BCUT2D eigenvalue weighted by Crippen LogP contribution is -2.38. The fraction of sp³-hybridized carbons (Fsp3) is 0.261. The molecule has 0 atom stereocenters. The first-order valence-corrected chi connectivity index (χ1v) is 10.4. The van der Waals surface area contributed by atoms with Crippen molar-refractivity contribution in [2.75, 3.05) is 13.2 Å². The van der Waals surface area contributed by atoms with E-state index in [0.29, 0.717) is 17.2 Å².